The van der Waals surface area contributed by atoms with Crippen LogP contribution in [0.2, 0.25) is 0 Å². The predicted octanol–water partition coefficient (Wildman–Crippen LogP) is 0.473. The van der Waals surface area contributed by atoms with Gasteiger partial charge >= 0.3 is 0 Å². The van der Waals surface area contributed by atoms with Crippen molar-refractivity contribution in [3.8, 4) is 0 Å². The van der Waals surface area contributed by atoms with Gasteiger partial charge in [0.15, 0.2) is 0 Å². The molecule has 0 aromatic carbocycles. The highest BCUT2D eigenvalue weighted by molar-refractivity contribution is 5.82. The van der Waals surface area contributed by atoms with Gasteiger partial charge in [0.2, 0.25) is 12.3 Å². The lowest BCUT2D eigenvalue weighted by molar-refractivity contribution is -0.172. The Labute approximate surface area is 90.5 Å². The molecule has 1 aliphatic rings. The van der Waals surface area contributed by atoms with Crippen LogP contribution < -0.4 is 5.73 Å². The average Bonchev–Trinajstić information content (AvgIpc) is 2.65. The topological polar surface area (TPSA) is 62.6 Å². The summed E-state index contributed by atoms with van der Waals surface area (Å²) in [6, 6.07) is -0.796. The predicted molar refractivity (Wildman–Crippen MR) is 54.8 cm³/mol. The molecule has 87 valence electrons. The molecule has 1 atom stereocenters. The lowest BCUT2D eigenvalue weighted by atomic mass is 9.87. The zero-order valence-electron chi connectivity index (χ0n) is 9.74. The van der Waals surface area contributed by atoms with Crippen LogP contribution in [0, 0.1) is 5.41 Å². The molecule has 1 N–H and O–H groups in total. The number of rotatable bonds is 2. The second-order valence-electron chi connectivity index (χ2n) is 4.80. The van der Waals surface area contributed by atoms with E-state index in [0.29, 0.717) is 13.2 Å². The van der Waals surface area contributed by atoms with Gasteiger partial charge in [-0.1, -0.05) is 20.8 Å². The van der Waals surface area contributed by atoms with Crippen LogP contribution in [-0.4, -0.2) is 43.5 Å². The molecule has 1 rings (SSSR count). The monoisotopic (exact) mass is 215 g/mol. The normalized spacial score (nSPS) is 20.3. The van der Waals surface area contributed by atoms with Gasteiger partial charge < -0.3 is 9.47 Å². The molecule has 0 aromatic heterocycles. The van der Waals surface area contributed by atoms with Gasteiger partial charge in [-0.05, 0) is 5.41 Å². The van der Waals surface area contributed by atoms with Crippen LogP contribution in [-0.2, 0) is 14.3 Å². The van der Waals surface area contributed by atoms with Gasteiger partial charge in [-0.3, -0.25) is 9.69 Å². The van der Waals surface area contributed by atoms with Crippen molar-refractivity contribution in [3.63, 3.8) is 0 Å². The van der Waals surface area contributed by atoms with Crippen LogP contribution in [0.5, 0.6) is 0 Å². The third-order valence-corrected chi connectivity index (χ3v) is 2.38. The van der Waals surface area contributed by atoms with Crippen molar-refractivity contribution < 1.29 is 14.3 Å². The number of carbonyl (C=O) groups is 1. The van der Waals surface area contributed by atoms with Crippen LogP contribution in [0.4, 0.5) is 0 Å². The smallest absolute Gasteiger partial charge is 0.245 e. The minimum atomic E-state index is -0.796. The van der Waals surface area contributed by atoms with Gasteiger partial charge in [0.25, 0.3) is 0 Å². The Balaban J connectivity index is 2.59. The molecule has 1 heterocycles. The number of nitrogens with one attached hydrogen (secondary N) is 1. The third-order valence-electron chi connectivity index (χ3n) is 2.38. The molecule has 1 amide bonds. The fourth-order valence-corrected chi connectivity index (χ4v) is 1.25. The van der Waals surface area contributed by atoms with Crippen molar-refractivity contribution in [2.45, 2.75) is 33.2 Å². The highest BCUT2D eigenvalue weighted by Crippen LogP contribution is 2.21. The van der Waals surface area contributed by atoms with E-state index in [2.05, 4.69) is 0 Å². The van der Waals surface area contributed by atoms with Crippen LogP contribution in [0.15, 0.2) is 0 Å². The number of carbonyl (C=O) groups excluding carboxylic acids is 1. The zero-order valence-corrected chi connectivity index (χ0v) is 9.74. The van der Waals surface area contributed by atoms with Crippen LogP contribution in [0.1, 0.15) is 20.8 Å². The summed E-state index contributed by atoms with van der Waals surface area (Å²) in [5, 5.41) is 0. The number of ether oxygens (including phenoxy) is 2. The summed E-state index contributed by atoms with van der Waals surface area (Å²) in [6.45, 7) is 6.60. The van der Waals surface area contributed by atoms with Gasteiger partial charge in [-0.15, -0.1) is 0 Å². The summed E-state index contributed by atoms with van der Waals surface area (Å²) in [5.41, 5.74) is 7.45. The first-order chi connectivity index (χ1) is 6.84. The highest BCUT2D eigenvalue weighted by Gasteiger charge is 2.34. The highest BCUT2D eigenvalue weighted by atomic mass is 16.7. The Hall–Kier alpha value is -0.650. The Kier molecular flexibility index (Phi) is 3.70. The second kappa shape index (κ2) is 4.47. The fraction of sp³-hybridized carbons (Fsp3) is 0.900. The summed E-state index contributed by atoms with van der Waals surface area (Å²) in [6.07, 6.45) is -0.618. The molecule has 0 saturated carbocycles. The van der Waals surface area contributed by atoms with Gasteiger partial charge in [0.05, 0.1) is 13.2 Å². The number of nitrogens with zero attached hydrogens (tertiary/aromatic N) is 1. The molecule has 1 aliphatic heterocycles. The van der Waals surface area contributed by atoms with E-state index >= 15 is 0 Å². The van der Waals surface area contributed by atoms with E-state index in [1.165, 1.54) is 4.90 Å². The van der Waals surface area contributed by atoms with Crippen LogP contribution in [0.25, 0.3) is 0 Å². The quantitative estimate of drug-likeness (QED) is 0.672. The Bertz CT molecular complexity index is 231. The maximum Gasteiger partial charge on any atom is 0.245 e. The lowest BCUT2D eigenvalue weighted by Gasteiger charge is -2.31. The van der Waals surface area contributed by atoms with Crippen molar-refractivity contribution in [3.05, 3.63) is 0 Å². The Morgan fingerprint density at radius 2 is 1.87 bits per heavy atom. The SMILES string of the molecule is CN(C(=O)C([NH])C(C)(C)C)C1OCCO1. The third kappa shape index (κ3) is 2.90. The van der Waals surface area contributed by atoms with E-state index < -0.39 is 12.5 Å². The minimum Gasteiger partial charge on any atom is -0.333 e. The molecule has 0 aliphatic carbocycles. The van der Waals surface area contributed by atoms with E-state index in [0.717, 1.165) is 0 Å². The molecule has 1 radical (unpaired) electrons. The first-order valence-corrected chi connectivity index (χ1v) is 5.05. The van der Waals surface area contributed by atoms with E-state index in [1.54, 1.807) is 7.05 Å². The van der Waals surface area contributed by atoms with Crippen LogP contribution in [0.3, 0.4) is 0 Å². The first-order valence-electron chi connectivity index (χ1n) is 5.05. The number of likely N-dealkylation sites (N-methyl/N-ethyl adjacent to an activating group) is 1. The van der Waals surface area contributed by atoms with Gasteiger partial charge in [-0.2, -0.15) is 0 Å². The zero-order chi connectivity index (χ0) is 11.6. The molecular weight excluding hydrogens is 196 g/mol. The van der Waals surface area contributed by atoms with E-state index in [4.69, 9.17) is 15.2 Å². The summed E-state index contributed by atoms with van der Waals surface area (Å²) in [7, 11) is 1.60. The Morgan fingerprint density at radius 1 is 1.40 bits per heavy atom. The summed E-state index contributed by atoms with van der Waals surface area (Å²) in [5.74, 6) is -0.269. The molecule has 0 aromatic rings. The molecule has 0 bridgehead atoms. The van der Waals surface area contributed by atoms with E-state index in [9.17, 15) is 4.79 Å². The van der Waals surface area contributed by atoms with Gasteiger partial charge in [-0.25, -0.2) is 5.73 Å². The summed E-state index contributed by atoms with van der Waals surface area (Å²) < 4.78 is 10.4. The molecule has 5 nitrogen and oxygen atoms in total. The molecule has 1 fully saturated rings. The maximum atomic E-state index is 11.9. The standard InChI is InChI=1S/C10H19N2O3/c1-10(2,3)7(11)8(13)12(4)9-14-5-6-15-9/h7,9,11H,5-6H2,1-4H3. The molecule has 1 saturated heterocycles. The number of hydrogen-bond acceptors (Lipinski definition) is 3. The van der Waals surface area contributed by atoms with Crippen LogP contribution >= 0.6 is 0 Å². The van der Waals surface area contributed by atoms with Crippen molar-refractivity contribution in [1.82, 2.24) is 10.6 Å². The molecule has 15 heavy (non-hydrogen) atoms. The number of hydrogen-bond donors (Lipinski definition) is 0. The maximum absolute atomic E-state index is 11.9. The first kappa shape index (κ1) is 12.4. The van der Waals surface area contributed by atoms with Crippen molar-refractivity contribution in [1.29, 1.82) is 0 Å². The molecule has 5 heteroatoms. The van der Waals surface area contributed by atoms with E-state index in [-0.39, 0.29) is 11.3 Å². The lowest BCUT2D eigenvalue weighted by Crippen LogP contribution is -2.48. The second-order valence-corrected chi connectivity index (χ2v) is 4.80. The van der Waals surface area contributed by atoms with E-state index in [1.807, 2.05) is 20.8 Å². The summed E-state index contributed by atoms with van der Waals surface area (Å²) >= 11 is 0. The fourth-order valence-electron chi connectivity index (χ4n) is 1.25. The summed E-state index contributed by atoms with van der Waals surface area (Å²) in [4.78, 5) is 13.2. The Morgan fingerprint density at radius 3 is 2.27 bits per heavy atom. The number of amides is 1. The van der Waals surface area contributed by atoms with Gasteiger partial charge in [0.1, 0.15) is 6.04 Å². The van der Waals surface area contributed by atoms with Gasteiger partial charge in [0, 0.05) is 7.05 Å². The molecule has 1 unspecified atom stereocenters. The molecule has 0 spiro atoms. The molecular formula is C10H19N2O3. The largest absolute Gasteiger partial charge is 0.333 e. The average molecular weight is 215 g/mol. The van der Waals surface area contributed by atoms with Crippen molar-refractivity contribution in [2.24, 2.45) is 5.41 Å². The van der Waals surface area contributed by atoms with Crippen molar-refractivity contribution >= 4 is 5.91 Å². The minimum absolute atomic E-state index is 0.269. The van der Waals surface area contributed by atoms with Crippen molar-refractivity contribution in [2.75, 3.05) is 20.3 Å².